The first kappa shape index (κ1) is 37.8. The SMILES string of the molecule is CC(C)COc1ccc(CC(=O)N(Cc2ccc(F)cc2)C2CCN(CC[C@H]3CCOCO3)CC2)cc1.O=C(O)C(O)C(O)C(=O)O. The van der Waals surface area contributed by atoms with E-state index in [0.717, 1.165) is 68.8 Å². The molecule has 0 saturated carbocycles. The molecule has 2 saturated heterocycles. The number of carbonyl (C=O) groups is 3. The number of piperidine rings is 1. The molecule has 2 unspecified atom stereocenters. The zero-order valence-electron chi connectivity index (χ0n) is 27.0. The Balaban J connectivity index is 0.000000520. The van der Waals surface area contributed by atoms with Crippen molar-refractivity contribution in [1.29, 1.82) is 0 Å². The monoisotopic (exact) mass is 662 g/mol. The van der Waals surface area contributed by atoms with Crippen LogP contribution in [-0.2, 0) is 36.8 Å². The van der Waals surface area contributed by atoms with Crippen LogP contribution in [0.15, 0.2) is 48.5 Å². The molecule has 2 aromatic carbocycles. The van der Waals surface area contributed by atoms with E-state index in [1.54, 1.807) is 12.1 Å². The molecule has 260 valence electrons. The molecule has 4 rings (SSSR count). The van der Waals surface area contributed by atoms with Crippen molar-refractivity contribution < 1.29 is 53.4 Å². The predicted octanol–water partition coefficient (Wildman–Crippen LogP) is 2.93. The Morgan fingerprint density at radius 1 is 0.936 bits per heavy atom. The maximum absolute atomic E-state index is 13.6. The molecule has 13 heteroatoms. The molecule has 0 radical (unpaired) electrons. The quantitative estimate of drug-likeness (QED) is 0.235. The average Bonchev–Trinajstić information content (AvgIpc) is 3.07. The van der Waals surface area contributed by atoms with E-state index in [1.807, 2.05) is 29.2 Å². The Labute approximate surface area is 274 Å². The van der Waals surface area contributed by atoms with Crippen LogP contribution in [0.2, 0.25) is 0 Å². The first-order chi connectivity index (χ1) is 22.4. The van der Waals surface area contributed by atoms with Crippen LogP contribution in [0.1, 0.15) is 50.7 Å². The molecular weight excluding hydrogens is 615 g/mol. The molecule has 2 aliphatic heterocycles. The highest BCUT2D eigenvalue weighted by molar-refractivity contribution is 5.83. The maximum Gasteiger partial charge on any atom is 0.335 e. The lowest BCUT2D eigenvalue weighted by Crippen LogP contribution is -2.48. The van der Waals surface area contributed by atoms with Crippen molar-refractivity contribution in [1.82, 2.24) is 9.80 Å². The highest BCUT2D eigenvalue weighted by Gasteiger charge is 2.30. The summed E-state index contributed by atoms with van der Waals surface area (Å²) in [5.74, 6) is -2.41. The van der Waals surface area contributed by atoms with Crippen molar-refractivity contribution in [2.45, 2.75) is 76.9 Å². The van der Waals surface area contributed by atoms with E-state index in [-0.39, 0.29) is 23.9 Å². The fourth-order valence-electron chi connectivity index (χ4n) is 5.23. The van der Waals surface area contributed by atoms with Gasteiger partial charge in [-0.3, -0.25) is 4.79 Å². The van der Waals surface area contributed by atoms with E-state index in [1.165, 1.54) is 12.1 Å². The van der Waals surface area contributed by atoms with Crippen molar-refractivity contribution in [3.05, 3.63) is 65.5 Å². The summed E-state index contributed by atoms with van der Waals surface area (Å²) in [5.41, 5.74) is 1.92. The number of carbonyl (C=O) groups excluding carboxylic acids is 1. The molecule has 3 atom stereocenters. The number of likely N-dealkylation sites (tertiary alicyclic amines) is 1. The van der Waals surface area contributed by atoms with E-state index in [9.17, 15) is 18.8 Å². The smallest absolute Gasteiger partial charge is 0.335 e. The summed E-state index contributed by atoms with van der Waals surface area (Å²) in [7, 11) is 0. The number of carboxylic acids is 2. The average molecular weight is 663 g/mol. The molecular formula is C34H47FN2O10. The van der Waals surface area contributed by atoms with Gasteiger partial charge in [0, 0.05) is 32.2 Å². The van der Waals surface area contributed by atoms with Crippen molar-refractivity contribution in [3.8, 4) is 5.75 Å². The molecule has 1 amide bonds. The summed E-state index contributed by atoms with van der Waals surface area (Å²) in [6.45, 7) is 9.52. The summed E-state index contributed by atoms with van der Waals surface area (Å²) < 4.78 is 30.2. The molecule has 2 aromatic rings. The number of hydrogen-bond acceptors (Lipinski definition) is 9. The van der Waals surface area contributed by atoms with Crippen LogP contribution in [0.3, 0.4) is 0 Å². The number of rotatable bonds is 14. The van der Waals surface area contributed by atoms with Gasteiger partial charge in [0.2, 0.25) is 5.91 Å². The van der Waals surface area contributed by atoms with E-state index >= 15 is 0 Å². The normalized spacial score (nSPS) is 18.5. The zero-order valence-corrected chi connectivity index (χ0v) is 27.0. The molecule has 0 bridgehead atoms. The van der Waals surface area contributed by atoms with E-state index in [4.69, 9.17) is 34.6 Å². The van der Waals surface area contributed by atoms with Gasteiger partial charge >= 0.3 is 11.9 Å². The van der Waals surface area contributed by atoms with Crippen LogP contribution >= 0.6 is 0 Å². The van der Waals surface area contributed by atoms with Crippen LogP contribution < -0.4 is 4.74 Å². The van der Waals surface area contributed by atoms with Crippen LogP contribution in [0.25, 0.3) is 0 Å². The van der Waals surface area contributed by atoms with E-state index in [0.29, 0.717) is 32.3 Å². The third-order valence-corrected chi connectivity index (χ3v) is 7.99. The van der Waals surface area contributed by atoms with Crippen LogP contribution in [0, 0.1) is 11.7 Å². The molecule has 0 spiro atoms. The molecule has 2 heterocycles. The Hall–Kier alpha value is -3.62. The van der Waals surface area contributed by atoms with Crippen LogP contribution in [0.4, 0.5) is 4.39 Å². The number of aliphatic hydroxyl groups excluding tert-OH is 2. The summed E-state index contributed by atoms with van der Waals surface area (Å²) in [6.07, 6.45) is -0.0649. The van der Waals surface area contributed by atoms with E-state index < -0.39 is 24.1 Å². The number of halogens is 1. The standard InChI is InChI=1S/C30H41FN2O4.C4H6O6/c1-23(2)21-36-28-9-5-24(6-10-28)19-30(34)33(20-25-3-7-26(31)8-4-25)27-11-15-32(16-12-27)17-13-29-14-18-35-22-37-29;5-1(3(7)8)2(6)4(9)10/h3-10,23,27,29H,11-22H2,1-2H3;1-2,5-6H,(H,7,8)(H,9,10)/t29-;/m0./s1. The third kappa shape index (κ3) is 13.2. The minimum absolute atomic E-state index is 0.106. The van der Waals surface area contributed by atoms with E-state index in [2.05, 4.69) is 18.7 Å². The highest BCUT2D eigenvalue weighted by atomic mass is 19.1. The second-order valence-electron chi connectivity index (χ2n) is 12.2. The van der Waals surface area contributed by atoms with Crippen molar-refractivity contribution in [3.63, 3.8) is 0 Å². The molecule has 4 N–H and O–H groups in total. The lowest BCUT2D eigenvalue weighted by molar-refractivity contribution is -0.165. The Bertz CT molecular complexity index is 1230. The zero-order chi connectivity index (χ0) is 34.3. The van der Waals surface area contributed by atoms with Gasteiger partial charge in [0.05, 0.1) is 25.7 Å². The number of hydrogen-bond donors (Lipinski definition) is 4. The second-order valence-corrected chi connectivity index (χ2v) is 12.2. The third-order valence-electron chi connectivity index (χ3n) is 7.99. The fourth-order valence-corrected chi connectivity index (χ4v) is 5.23. The second kappa shape index (κ2) is 19.3. The number of aliphatic hydroxyl groups is 2. The Kier molecular flexibility index (Phi) is 15.5. The van der Waals surface area contributed by atoms with Gasteiger partial charge in [0.15, 0.2) is 12.2 Å². The Morgan fingerprint density at radius 3 is 2.06 bits per heavy atom. The van der Waals surface area contributed by atoms with Gasteiger partial charge in [-0.25, -0.2) is 14.0 Å². The Morgan fingerprint density at radius 2 is 1.53 bits per heavy atom. The lowest BCUT2D eigenvalue weighted by Gasteiger charge is -2.39. The van der Waals surface area contributed by atoms with Gasteiger partial charge in [0.1, 0.15) is 18.4 Å². The number of carboxylic acid groups (broad SMARTS) is 2. The molecule has 2 aliphatic rings. The summed E-state index contributed by atoms with van der Waals surface area (Å²) in [4.78, 5) is 37.6. The largest absolute Gasteiger partial charge is 0.493 e. The maximum atomic E-state index is 13.6. The topological polar surface area (TPSA) is 166 Å². The van der Waals surface area contributed by atoms with Gasteiger partial charge in [-0.15, -0.1) is 0 Å². The first-order valence-corrected chi connectivity index (χ1v) is 15.9. The highest BCUT2D eigenvalue weighted by Crippen LogP contribution is 2.23. The molecule has 0 aliphatic carbocycles. The lowest BCUT2D eigenvalue weighted by atomic mass is 10.00. The molecule has 2 fully saturated rings. The first-order valence-electron chi connectivity index (χ1n) is 15.9. The molecule has 12 nitrogen and oxygen atoms in total. The minimum Gasteiger partial charge on any atom is -0.493 e. The minimum atomic E-state index is -2.27. The van der Waals surface area contributed by atoms with Crippen LogP contribution in [-0.4, -0.2) is 112 Å². The number of aliphatic carboxylic acids is 2. The van der Waals surface area contributed by atoms with Gasteiger partial charge in [-0.2, -0.15) is 0 Å². The molecule has 47 heavy (non-hydrogen) atoms. The van der Waals surface area contributed by atoms with Gasteiger partial charge in [0.25, 0.3) is 0 Å². The number of benzene rings is 2. The number of amides is 1. The number of nitrogens with zero attached hydrogens (tertiary/aromatic N) is 2. The van der Waals surface area contributed by atoms with Gasteiger partial charge < -0.3 is 44.4 Å². The van der Waals surface area contributed by atoms with Crippen molar-refractivity contribution in [2.75, 3.05) is 39.6 Å². The van der Waals surface area contributed by atoms with Gasteiger partial charge in [-0.05, 0) is 67.0 Å². The van der Waals surface area contributed by atoms with Crippen molar-refractivity contribution >= 4 is 17.8 Å². The summed E-state index contributed by atoms with van der Waals surface area (Å²) >= 11 is 0. The summed E-state index contributed by atoms with van der Waals surface area (Å²) in [5, 5.41) is 32.5. The summed E-state index contributed by atoms with van der Waals surface area (Å²) in [6, 6.07) is 14.5. The number of ether oxygens (including phenoxy) is 3. The predicted molar refractivity (Wildman–Crippen MR) is 169 cm³/mol. The van der Waals surface area contributed by atoms with Crippen molar-refractivity contribution in [2.24, 2.45) is 5.92 Å². The van der Waals surface area contributed by atoms with Gasteiger partial charge in [-0.1, -0.05) is 38.1 Å². The molecule has 0 aromatic heterocycles. The van der Waals surface area contributed by atoms with Crippen LogP contribution in [0.5, 0.6) is 5.75 Å². The fraction of sp³-hybridized carbons (Fsp3) is 0.559.